The predicted molar refractivity (Wildman–Crippen MR) is 78.9 cm³/mol. The first-order valence-corrected chi connectivity index (χ1v) is 7.98. The number of hydrogen-bond acceptors (Lipinski definition) is 3. The Morgan fingerprint density at radius 2 is 1.80 bits per heavy atom. The van der Waals surface area contributed by atoms with Gasteiger partial charge in [-0.1, -0.05) is 13.8 Å². The second-order valence-corrected chi connectivity index (χ2v) is 6.71. The molecular formula is C16H27N3O. The Morgan fingerprint density at radius 1 is 1.20 bits per heavy atom. The number of likely N-dealkylation sites (tertiary alicyclic amines) is 2. The predicted octanol–water partition coefficient (Wildman–Crippen LogP) is 2.12. The van der Waals surface area contributed by atoms with Crippen molar-refractivity contribution in [3.63, 3.8) is 0 Å². The molecule has 20 heavy (non-hydrogen) atoms. The molecule has 0 aromatic carbocycles. The highest BCUT2D eigenvalue weighted by Crippen LogP contribution is 2.25. The zero-order valence-corrected chi connectivity index (χ0v) is 12.8. The van der Waals surface area contributed by atoms with Crippen LogP contribution in [0.5, 0.6) is 0 Å². The second-order valence-electron chi connectivity index (χ2n) is 6.71. The summed E-state index contributed by atoms with van der Waals surface area (Å²) in [5.74, 6) is 1.87. The monoisotopic (exact) mass is 277 g/mol. The van der Waals surface area contributed by atoms with Gasteiger partial charge in [-0.3, -0.25) is 4.79 Å². The van der Waals surface area contributed by atoms with Gasteiger partial charge in [-0.05, 0) is 44.2 Å². The van der Waals surface area contributed by atoms with Gasteiger partial charge in [-0.2, -0.15) is 5.26 Å². The Labute approximate surface area is 122 Å². The molecule has 0 saturated carbocycles. The number of nitrogens with zero attached hydrogens (tertiary/aromatic N) is 3. The van der Waals surface area contributed by atoms with Gasteiger partial charge in [0.1, 0.15) is 0 Å². The third-order valence-electron chi connectivity index (χ3n) is 4.66. The van der Waals surface area contributed by atoms with Crippen LogP contribution >= 0.6 is 0 Å². The van der Waals surface area contributed by atoms with Gasteiger partial charge >= 0.3 is 0 Å². The summed E-state index contributed by atoms with van der Waals surface area (Å²) in [4.78, 5) is 17.0. The van der Waals surface area contributed by atoms with Gasteiger partial charge in [0.05, 0.1) is 6.07 Å². The van der Waals surface area contributed by atoms with E-state index in [1.54, 1.807) is 0 Å². The van der Waals surface area contributed by atoms with Crippen molar-refractivity contribution in [1.29, 1.82) is 5.26 Å². The normalized spacial score (nSPS) is 29.1. The van der Waals surface area contributed by atoms with Gasteiger partial charge < -0.3 is 9.80 Å². The van der Waals surface area contributed by atoms with Crippen molar-refractivity contribution in [3.8, 4) is 6.07 Å². The Hall–Kier alpha value is -1.08. The largest absolute Gasteiger partial charge is 0.342 e. The maximum Gasteiger partial charge on any atom is 0.225 e. The number of carbonyl (C=O) groups is 1. The van der Waals surface area contributed by atoms with Gasteiger partial charge in [0.2, 0.25) is 5.91 Å². The first-order valence-electron chi connectivity index (χ1n) is 7.98. The van der Waals surface area contributed by atoms with E-state index in [0.29, 0.717) is 24.2 Å². The lowest BCUT2D eigenvalue weighted by molar-refractivity contribution is -0.139. The van der Waals surface area contributed by atoms with Crippen LogP contribution < -0.4 is 0 Å². The average Bonchev–Trinajstić information content (AvgIpc) is 2.44. The van der Waals surface area contributed by atoms with Crippen LogP contribution in [-0.4, -0.2) is 48.4 Å². The molecule has 0 N–H and O–H groups in total. The van der Waals surface area contributed by atoms with Crippen molar-refractivity contribution in [1.82, 2.24) is 9.80 Å². The quantitative estimate of drug-likeness (QED) is 0.794. The van der Waals surface area contributed by atoms with E-state index in [0.717, 1.165) is 45.6 Å². The first kappa shape index (κ1) is 15.3. The molecular weight excluding hydrogens is 250 g/mol. The van der Waals surface area contributed by atoms with Crippen LogP contribution in [0.3, 0.4) is 0 Å². The molecule has 0 bridgehead atoms. The lowest BCUT2D eigenvalue weighted by Crippen LogP contribution is -2.47. The molecule has 2 saturated heterocycles. The summed E-state index contributed by atoms with van der Waals surface area (Å²) in [5, 5.41) is 8.62. The molecule has 4 nitrogen and oxygen atoms in total. The Balaban J connectivity index is 1.81. The van der Waals surface area contributed by atoms with Crippen LogP contribution in [0.2, 0.25) is 0 Å². The standard InChI is InChI=1S/C16H27N3O/c1-13-10-14(2)12-19(11-13)16(20)15-4-8-18(9-5-15)7-3-6-17/h13-15H,3-5,7-12H2,1-2H3. The van der Waals surface area contributed by atoms with Crippen molar-refractivity contribution in [3.05, 3.63) is 0 Å². The van der Waals surface area contributed by atoms with Crippen molar-refractivity contribution in [2.75, 3.05) is 32.7 Å². The molecule has 112 valence electrons. The molecule has 2 fully saturated rings. The molecule has 0 aromatic rings. The topological polar surface area (TPSA) is 47.3 Å². The molecule has 4 heteroatoms. The van der Waals surface area contributed by atoms with Crippen LogP contribution in [0.15, 0.2) is 0 Å². The summed E-state index contributed by atoms with van der Waals surface area (Å²) in [6.45, 7) is 9.18. The molecule has 2 rings (SSSR count). The van der Waals surface area contributed by atoms with E-state index in [1.807, 2.05) is 0 Å². The van der Waals surface area contributed by atoms with E-state index in [9.17, 15) is 4.79 Å². The minimum atomic E-state index is 0.214. The number of rotatable bonds is 3. The molecule has 2 atom stereocenters. The minimum absolute atomic E-state index is 0.214. The third-order valence-corrected chi connectivity index (χ3v) is 4.66. The van der Waals surface area contributed by atoms with Gasteiger partial charge in [-0.25, -0.2) is 0 Å². The summed E-state index contributed by atoms with van der Waals surface area (Å²) in [6, 6.07) is 2.19. The molecule has 1 amide bonds. The maximum atomic E-state index is 12.6. The number of nitriles is 1. The minimum Gasteiger partial charge on any atom is -0.342 e. The summed E-state index contributed by atoms with van der Waals surface area (Å²) in [5.41, 5.74) is 0. The smallest absolute Gasteiger partial charge is 0.225 e. The zero-order chi connectivity index (χ0) is 14.5. The van der Waals surface area contributed by atoms with Crippen LogP contribution in [-0.2, 0) is 4.79 Å². The van der Waals surface area contributed by atoms with E-state index in [1.165, 1.54) is 6.42 Å². The van der Waals surface area contributed by atoms with E-state index in [2.05, 4.69) is 29.7 Å². The summed E-state index contributed by atoms with van der Waals surface area (Å²) in [7, 11) is 0. The molecule has 2 unspecified atom stereocenters. The Morgan fingerprint density at radius 3 is 2.35 bits per heavy atom. The highest BCUT2D eigenvalue weighted by molar-refractivity contribution is 5.79. The van der Waals surface area contributed by atoms with Crippen molar-refractivity contribution in [2.24, 2.45) is 17.8 Å². The zero-order valence-electron chi connectivity index (χ0n) is 12.8. The van der Waals surface area contributed by atoms with Crippen LogP contribution in [0, 0.1) is 29.1 Å². The number of hydrogen-bond donors (Lipinski definition) is 0. The van der Waals surface area contributed by atoms with Gasteiger partial charge in [-0.15, -0.1) is 0 Å². The van der Waals surface area contributed by atoms with Crippen molar-refractivity contribution in [2.45, 2.75) is 39.5 Å². The summed E-state index contributed by atoms with van der Waals surface area (Å²) in [6.07, 6.45) is 3.77. The fraction of sp³-hybridized carbons (Fsp3) is 0.875. The SMILES string of the molecule is CC1CC(C)CN(C(=O)C2CCN(CCC#N)CC2)C1. The third kappa shape index (κ3) is 3.96. The molecule has 0 radical (unpaired) electrons. The van der Waals surface area contributed by atoms with Crippen LogP contribution in [0.1, 0.15) is 39.5 Å². The molecule has 0 aromatic heterocycles. The van der Waals surface area contributed by atoms with E-state index >= 15 is 0 Å². The summed E-state index contributed by atoms with van der Waals surface area (Å²) < 4.78 is 0. The van der Waals surface area contributed by atoms with Crippen LogP contribution in [0.25, 0.3) is 0 Å². The second kappa shape index (κ2) is 7.08. The van der Waals surface area contributed by atoms with E-state index in [4.69, 9.17) is 5.26 Å². The number of piperidine rings is 2. The first-order chi connectivity index (χ1) is 9.60. The Bertz CT molecular complexity index is 358. The van der Waals surface area contributed by atoms with Gasteiger partial charge in [0.15, 0.2) is 0 Å². The highest BCUT2D eigenvalue weighted by atomic mass is 16.2. The average molecular weight is 277 g/mol. The molecule has 0 spiro atoms. The van der Waals surface area contributed by atoms with Gasteiger partial charge in [0.25, 0.3) is 0 Å². The van der Waals surface area contributed by atoms with Crippen LogP contribution in [0.4, 0.5) is 0 Å². The van der Waals surface area contributed by atoms with E-state index in [-0.39, 0.29) is 5.92 Å². The molecule has 2 heterocycles. The fourth-order valence-corrected chi connectivity index (χ4v) is 3.71. The lowest BCUT2D eigenvalue weighted by Gasteiger charge is -2.39. The highest BCUT2D eigenvalue weighted by Gasteiger charge is 2.32. The van der Waals surface area contributed by atoms with Crippen molar-refractivity contribution < 1.29 is 4.79 Å². The lowest BCUT2D eigenvalue weighted by atomic mass is 9.89. The summed E-state index contributed by atoms with van der Waals surface area (Å²) >= 11 is 0. The number of carbonyl (C=O) groups excluding carboxylic acids is 1. The number of amides is 1. The van der Waals surface area contributed by atoms with Crippen molar-refractivity contribution >= 4 is 5.91 Å². The molecule has 2 aliphatic rings. The molecule has 0 aliphatic carbocycles. The molecule has 2 aliphatic heterocycles. The maximum absolute atomic E-state index is 12.6. The Kier molecular flexibility index (Phi) is 5.42. The fourth-order valence-electron chi connectivity index (χ4n) is 3.71. The van der Waals surface area contributed by atoms with Gasteiger partial charge in [0, 0.05) is 32.0 Å². The van der Waals surface area contributed by atoms with E-state index < -0.39 is 0 Å².